The molecule has 0 aliphatic heterocycles. The minimum Gasteiger partial charge on any atom is -0.355 e. The normalized spacial score (nSPS) is 12.5. The Hall–Kier alpha value is -2.48. The third kappa shape index (κ3) is 4.01. The van der Waals surface area contributed by atoms with Gasteiger partial charge in [0, 0.05) is 17.5 Å². The lowest BCUT2D eigenvalue weighted by molar-refractivity contribution is 0.0963. The van der Waals surface area contributed by atoms with E-state index in [0.717, 1.165) is 10.4 Å². The van der Waals surface area contributed by atoms with Gasteiger partial charge in [0.1, 0.15) is 0 Å². The second kappa shape index (κ2) is 7.82. The van der Waals surface area contributed by atoms with Gasteiger partial charge in [-0.15, -0.1) is 11.3 Å². The summed E-state index contributed by atoms with van der Waals surface area (Å²) in [6.45, 7) is 0. The Morgan fingerprint density at radius 1 is 0.962 bits per heavy atom. The quantitative estimate of drug-likeness (QED) is 0.683. The van der Waals surface area contributed by atoms with Crippen molar-refractivity contribution in [1.29, 1.82) is 0 Å². The molecule has 0 aliphatic rings. The molecule has 7 heteroatoms. The first kappa shape index (κ1) is 18.3. The van der Waals surface area contributed by atoms with Crippen LogP contribution in [0.2, 0.25) is 0 Å². The van der Waals surface area contributed by atoms with Gasteiger partial charge < -0.3 is 5.32 Å². The van der Waals surface area contributed by atoms with E-state index in [1.54, 1.807) is 0 Å². The Bertz CT molecular complexity index is 967. The minimum atomic E-state index is -3.76. The second-order valence-electron chi connectivity index (χ2n) is 5.58. The number of carbonyl (C=O) groups is 1. The van der Waals surface area contributed by atoms with E-state index < -0.39 is 16.1 Å². The van der Waals surface area contributed by atoms with Crippen LogP contribution in [0.15, 0.2) is 77.0 Å². The fourth-order valence-corrected chi connectivity index (χ4v) is 4.63. The molecule has 1 amide bonds. The lowest BCUT2D eigenvalue weighted by Gasteiger charge is -2.18. The molecule has 1 heterocycles. The maximum Gasteiger partial charge on any atom is 0.251 e. The average Bonchev–Trinajstić information content (AvgIpc) is 3.21. The maximum atomic E-state index is 12.9. The number of benzene rings is 2. The summed E-state index contributed by atoms with van der Waals surface area (Å²) in [5.41, 5.74) is 1.27. The summed E-state index contributed by atoms with van der Waals surface area (Å²) in [4.78, 5) is 12.6. The Balaban J connectivity index is 1.92. The van der Waals surface area contributed by atoms with E-state index in [0.29, 0.717) is 5.56 Å². The highest BCUT2D eigenvalue weighted by Crippen LogP contribution is 2.28. The molecule has 0 aliphatic carbocycles. The summed E-state index contributed by atoms with van der Waals surface area (Å²) in [6.07, 6.45) is 0. The summed E-state index contributed by atoms with van der Waals surface area (Å²) in [7, 11) is -2.23. The van der Waals surface area contributed by atoms with Crippen LogP contribution in [-0.4, -0.2) is 21.4 Å². The van der Waals surface area contributed by atoms with Crippen molar-refractivity contribution in [2.45, 2.75) is 10.9 Å². The fourth-order valence-electron chi connectivity index (χ4n) is 2.54. The number of carbonyl (C=O) groups excluding carboxylic acids is 1. The van der Waals surface area contributed by atoms with Gasteiger partial charge in [0.25, 0.3) is 5.91 Å². The molecule has 0 radical (unpaired) electrons. The largest absolute Gasteiger partial charge is 0.355 e. The van der Waals surface area contributed by atoms with Crippen LogP contribution < -0.4 is 10.0 Å². The first-order valence-electron chi connectivity index (χ1n) is 7.94. The third-order valence-corrected chi connectivity index (χ3v) is 6.26. The van der Waals surface area contributed by atoms with Crippen LogP contribution in [-0.2, 0) is 10.0 Å². The number of thiophene rings is 1. The molecule has 0 unspecified atom stereocenters. The third-order valence-electron chi connectivity index (χ3n) is 3.89. The minimum absolute atomic E-state index is 0.114. The van der Waals surface area contributed by atoms with Crippen LogP contribution in [0.1, 0.15) is 26.8 Å². The lowest BCUT2D eigenvalue weighted by atomic mass is 10.1. The number of rotatable bonds is 6. The predicted octanol–water partition coefficient (Wildman–Crippen LogP) is 3.18. The topological polar surface area (TPSA) is 75.3 Å². The molecule has 3 rings (SSSR count). The molecule has 3 aromatic rings. The predicted molar refractivity (Wildman–Crippen MR) is 103 cm³/mol. The summed E-state index contributed by atoms with van der Waals surface area (Å²) < 4.78 is 28.5. The van der Waals surface area contributed by atoms with Crippen molar-refractivity contribution in [2.24, 2.45) is 0 Å². The summed E-state index contributed by atoms with van der Waals surface area (Å²) in [5, 5.41) is 4.42. The van der Waals surface area contributed by atoms with Crippen LogP contribution >= 0.6 is 11.3 Å². The van der Waals surface area contributed by atoms with Crippen molar-refractivity contribution >= 4 is 27.3 Å². The van der Waals surface area contributed by atoms with Crippen LogP contribution in [0.25, 0.3) is 0 Å². The standard InChI is InChI=1S/C19H18N2O3S2/c1-20-19(22)15-9-11-16(12-10-15)26(23,24)21-18(17-8-5-13-25-17)14-6-3-2-4-7-14/h2-13,18,21H,1H3,(H,20,22)/t18-/m1/s1. The Morgan fingerprint density at radius 3 is 2.23 bits per heavy atom. The highest BCUT2D eigenvalue weighted by molar-refractivity contribution is 7.89. The van der Waals surface area contributed by atoms with E-state index in [9.17, 15) is 13.2 Å². The van der Waals surface area contributed by atoms with Crippen LogP contribution in [0.4, 0.5) is 0 Å². The average molecular weight is 386 g/mol. The van der Waals surface area contributed by atoms with E-state index in [2.05, 4.69) is 10.0 Å². The first-order chi connectivity index (χ1) is 12.5. The van der Waals surface area contributed by atoms with Crippen molar-refractivity contribution in [3.8, 4) is 0 Å². The number of hydrogen-bond acceptors (Lipinski definition) is 4. The van der Waals surface area contributed by atoms with Gasteiger partial charge in [-0.1, -0.05) is 36.4 Å². The van der Waals surface area contributed by atoms with Gasteiger partial charge in [-0.25, -0.2) is 8.42 Å². The van der Waals surface area contributed by atoms with Crippen LogP contribution in [0, 0.1) is 0 Å². The number of amides is 1. The molecule has 2 N–H and O–H groups in total. The Morgan fingerprint density at radius 2 is 1.65 bits per heavy atom. The van der Waals surface area contributed by atoms with Gasteiger partial charge in [-0.2, -0.15) is 4.72 Å². The van der Waals surface area contributed by atoms with Gasteiger partial charge in [0.15, 0.2) is 0 Å². The van der Waals surface area contributed by atoms with Gasteiger partial charge in [-0.3, -0.25) is 4.79 Å². The number of sulfonamides is 1. The number of nitrogens with one attached hydrogen (secondary N) is 2. The van der Waals surface area contributed by atoms with Crippen molar-refractivity contribution in [3.63, 3.8) is 0 Å². The Labute approximate surface area is 156 Å². The second-order valence-corrected chi connectivity index (χ2v) is 8.28. The summed E-state index contributed by atoms with van der Waals surface area (Å²) in [5.74, 6) is -0.261. The van der Waals surface area contributed by atoms with Gasteiger partial charge in [0.2, 0.25) is 10.0 Å². The summed E-state index contributed by atoms with van der Waals surface area (Å²) in [6, 6.07) is 18.6. The van der Waals surface area contributed by atoms with Gasteiger partial charge in [-0.05, 0) is 41.3 Å². The van der Waals surface area contributed by atoms with Crippen molar-refractivity contribution in [3.05, 3.63) is 88.1 Å². The lowest BCUT2D eigenvalue weighted by Crippen LogP contribution is -2.29. The molecule has 0 spiro atoms. The van der Waals surface area contributed by atoms with Crippen molar-refractivity contribution in [1.82, 2.24) is 10.0 Å². The Kier molecular flexibility index (Phi) is 5.51. The highest BCUT2D eigenvalue weighted by Gasteiger charge is 2.23. The smallest absolute Gasteiger partial charge is 0.251 e. The van der Waals surface area contributed by atoms with E-state index in [4.69, 9.17) is 0 Å². The first-order valence-corrected chi connectivity index (χ1v) is 10.3. The summed E-state index contributed by atoms with van der Waals surface area (Å²) >= 11 is 1.49. The van der Waals surface area contributed by atoms with Crippen LogP contribution in [0.3, 0.4) is 0 Å². The van der Waals surface area contributed by atoms with E-state index in [-0.39, 0.29) is 10.8 Å². The van der Waals surface area contributed by atoms with Crippen molar-refractivity contribution in [2.75, 3.05) is 7.05 Å². The monoisotopic (exact) mass is 386 g/mol. The number of hydrogen-bond donors (Lipinski definition) is 2. The SMILES string of the molecule is CNC(=O)c1ccc(S(=O)(=O)N[C@H](c2ccccc2)c2cccs2)cc1. The molecule has 1 aromatic heterocycles. The molecular formula is C19H18N2O3S2. The highest BCUT2D eigenvalue weighted by atomic mass is 32.2. The zero-order valence-corrected chi connectivity index (χ0v) is 15.7. The van der Waals surface area contributed by atoms with E-state index >= 15 is 0 Å². The molecule has 1 atom stereocenters. The molecule has 2 aromatic carbocycles. The molecule has 134 valence electrons. The maximum absolute atomic E-state index is 12.9. The molecule has 5 nitrogen and oxygen atoms in total. The van der Waals surface area contributed by atoms with E-state index in [1.165, 1.54) is 42.6 Å². The molecule has 0 saturated heterocycles. The zero-order valence-electron chi connectivity index (χ0n) is 14.0. The van der Waals surface area contributed by atoms with Gasteiger partial charge >= 0.3 is 0 Å². The van der Waals surface area contributed by atoms with Gasteiger partial charge in [0.05, 0.1) is 10.9 Å². The molecule has 0 bridgehead atoms. The zero-order chi connectivity index (χ0) is 18.6. The molecule has 0 fully saturated rings. The van der Waals surface area contributed by atoms with Crippen LogP contribution in [0.5, 0.6) is 0 Å². The molecule has 0 saturated carbocycles. The molecular weight excluding hydrogens is 368 g/mol. The van der Waals surface area contributed by atoms with Crippen molar-refractivity contribution < 1.29 is 13.2 Å². The molecule has 26 heavy (non-hydrogen) atoms. The fraction of sp³-hybridized carbons (Fsp3) is 0.105. The van der Waals surface area contributed by atoms with E-state index in [1.807, 2.05) is 47.8 Å².